The predicted octanol–water partition coefficient (Wildman–Crippen LogP) is -0.0527. The molecule has 0 saturated carbocycles. The molecule has 1 N–H and O–H groups in total. The Hall–Kier alpha value is -2.08. The van der Waals surface area contributed by atoms with Gasteiger partial charge in [0, 0.05) is 0 Å². The minimum atomic E-state index is 0.443. The summed E-state index contributed by atoms with van der Waals surface area (Å²) < 4.78 is 3.16. The smallest absolute Gasteiger partial charge is 0.186 e. The highest BCUT2D eigenvalue weighted by Crippen LogP contribution is 2.20. The first kappa shape index (κ1) is 10.8. The van der Waals surface area contributed by atoms with Gasteiger partial charge in [-0.3, -0.25) is 0 Å². The van der Waals surface area contributed by atoms with E-state index in [1.807, 2.05) is 6.92 Å². The normalized spacial score (nSPS) is 11.8. The predicted molar refractivity (Wildman–Crippen MR) is 65.9 cm³/mol. The summed E-state index contributed by atoms with van der Waals surface area (Å²) in [7, 11) is 0. The molecular weight excluding hydrogens is 288 g/mol. The fourth-order valence-electron chi connectivity index (χ4n) is 1.56. The van der Waals surface area contributed by atoms with E-state index in [4.69, 9.17) is 0 Å². The van der Waals surface area contributed by atoms with Crippen LogP contribution in [0, 0.1) is 6.92 Å². The number of hydrogen-bond donors (Lipinski definition) is 1. The van der Waals surface area contributed by atoms with Crippen LogP contribution < -0.4 is 0 Å². The maximum Gasteiger partial charge on any atom is 0.291 e. The first-order chi connectivity index (χ1) is 9.29. The van der Waals surface area contributed by atoms with Crippen molar-refractivity contribution in [3.63, 3.8) is 0 Å². The van der Waals surface area contributed by atoms with E-state index in [1.54, 1.807) is 4.52 Å². The first-order valence-corrected chi connectivity index (χ1v) is 7.04. The van der Waals surface area contributed by atoms with Gasteiger partial charge in [0.15, 0.2) is 5.82 Å². The van der Waals surface area contributed by atoms with Crippen molar-refractivity contribution in [1.29, 1.82) is 0 Å². The summed E-state index contributed by atoms with van der Waals surface area (Å²) in [6.45, 7) is 1.94. The first-order valence-electron chi connectivity index (χ1n) is 5.24. The van der Waals surface area contributed by atoms with Crippen LogP contribution in [0.4, 0.5) is 0 Å². The maximum atomic E-state index is 4.34. The van der Waals surface area contributed by atoms with E-state index < -0.39 is 0 Å². The number of nitrogens with zero attached hydrogens (tertiary/aromatic N) is 9. The molecule has 0 bridgehead atoms. The zero-order valence-corrected chi connectivity index (χ0v) is 11.2. The van der Waals surface area contributed by atoms with Crippen LogP contribution in [0.15, 0.2) is 5.16 Å². The number of thioether (sulfide) groups is 1. The lowest BCUT2D eigenvalue weighted by Gasteiger charge is -1.92. The number of aromatic nitrogens is 10. The molecule has 4 rings (SSSR count). The van der Waals surface area contributed by atoms with Gasteiger partial charge in [0.05, 0.1) is 5.75 Å². The number of nitrogens with one attached hydrogen (secondary N) is 1. The number of hydrogen-bond acceptors (Lipinski definition) is 9. The van der Waals surface area contributed by atoms with E-state index in [2.05, 4.69) is 40.9 Å². The lowest BCUT2D eigenvalue weighted by molar-refractivity contribution is 0.715. The Morgan fingerprint density at radius 1 is 1.26 bits per heavy atom. The molecule has 0 radical (unpaired) electrons. The molecule has 0 amide bonds. The second-order valence-corrected chi connectivity index (χ2v) is 5.73. The maximum absolute atomic E-state index is 4.34. The lowest BCUT2D eigenvalue weighted by Crippen LogP contribution is -1.94. The molecule has 0 aliphatic heterocycles. The molecule has 0 unspecified atom stereocenters. The minimum absolute atomic E-state index is 0.443. The Labute approximate surface area is 113 Å². The molecule has 0 aliphatic rings. The number of aromatic amines is 1. The second-order valence-electron chi connectivity index (χ2n) is 3.63. The molecule has 4 aromatic rings. The van der Waals surface area contributed by atoms with Crippen molar-refractivity contribution in [2.24, 2.45) is 0 Å². The summed E-state index contributed by atoms with van der Waals surface area (Å²) in [5, 5.41) is 28.2. The highest BCUT2D eigenvalue weighted by molar-refractivity contribution is 7.98. The molecule has 0 aromatic carbocycles. The Kier molecular flexibility index (Phi) is 2.25. The van der Waals surface area contributed by atoms with Gasteiger partial charge in [-0.15, -0.1) is 19.9 Å². The minimum Gasteiger partial charge on any atom is -0.186 e. The molecule has 0 saturated heterocycles. The van der Waals surface area contributed by atoms with Crippen molar-refractivity contribution >= 4 is 33.8 Å². The number of rotatable bonds is 3. The summed E-state index contributed by atoms with van der Waals surface area (Å²) in [5.41, 5.74) is 0. The number of tetrazole rings is 1. The van der Waals surface area contributed by atoms with Gasteiger partial charge < -0.3 is 0 Å². The van der Waals surface area contributed by atoms with Crippen LogP contribution in [0.5, 0.6) is 0 Å². The SMILES string of the molecule is Cc1nn2c(CSc3nc4nn[nH]n4n3)nnc2s1. The molecule has 12 heteroatoms. The number of H-pyrrole nitrogens is 1. The van der Waals surface area contributed by atoms with Gasteiger partial charge in [-0.25, -0.2) is 0 Å². The third-order valence-electron chi connectivity index (χ3n) is 2.34. The van der Waals surface area contributed by atoms with Crippen molar-refractivity contribution in [2.75, 3.05) is 0 Å². The highest BCUT2D eigenvalue weighted by Gasteiger charge is 2.12. The zero-order valence-electron chi connectivity index (χ0n) is 9.55. The van der Waals surface area contributed by atoms with Crippen LogP contribution in [-0.4, -0.2) is 50.0 Å². The molecule has 4 heterocycles. The van der Waals surface area contributed by atoms with E-state index in [9.17, 15) is 0 Å². The fourth-order valence-corrected chi connectivity index (χ4v) is 2.98. The summed E-state index contributed by atoms with van der Waals surface area (Å²) >= 11 is 2.95. The van der Waals surface area contributed by atoms with Gasteiger partial charge >= 0.3 is 0 Å². The van der Waals surface area contributed by atoms with E-state index >= 15 is 0 Å². The summed E-state index contributed by atoms with van der Waals surface area (Å²) in [4.78, 5) is 4.99. The van der Waals surface area contributed by atoms with Crippen molar-refractivity contribution < 1.29 is 0 Å². The van der Waals surface area contributed by atoms with Crippen LogP contribution in [0.1, 0.15) is 10.8 Å². The van der Waals surface area contributed by atoms with Crippen LogP contribution in [0.25, 0.3) is 10.7 Å². The van der Waals surface area contributed by atoms with Crippen LogP contribution in [0.2, 0.25) is 0 Å². The van der Waals surface area contributed by atoms with Crippen molar-refractivity contribution in [3.05, 3.63) is 10.8 Å². The van der Waals surface area contributed by atoms with Gasteiger partial charge in [-0.05, 0) is 12.1 Å². The number of aryl methyl sites for hydroxylation is 1. The fraction of sp³-hybridized carbons (Fsp3) is 0.286. The van der Waals surface area contributed by atoms with Gasteiger partial charge in [0.2, 0.25) is 10.1 Å². The number of fused-ring (bicyclic) bond motifs is 2. The van der Waals surface area contributed by atoms with Gasteiger partial charge in [-0.1, -0.05) is 28.2 Å². The van der Waals surface area contributed by atoms with Crippen molar-refractivity contribution in [3.8, 4) is 0 Å². The third-order valence-corrected chi connectivity index (χ3v) is 3.98. The summed E-state index contributed by atoms with van der Waals surface area (Å²) in [5.74, 6) is 1.80. The van der Waals surface area contributed by atoms with Crippen LogP contribution in [-0.2, 0) is 5.75 Å². The topological polar surface area (TPSA) is 115 Å². The van der Waals surface area contributed by atoms with Crippen molar-refractivity contribution in [1.82, 2.24) is 50.0 Å². The standard InChI is InChI=1S/C7H6N10S2/c1-3-12-16-4(9-11-7(16)19-3)2-18-6-8-5-10-14-15-17(5)13-6/h2H2,1H3,(H,8,10,13,15). The molecule has 96 valence electrons. The Morgan fingerprint density at radius 2 is 2.21 bits per heavy atom. The largest absolute Gasteiger partial charge is 0.291 e. The Bertz CT molecular complexity index is 823. The molecule has 4 aromatic heterocycles. The monoisotopic (exact) mass is 294 g/mol. The quantitative estimate of drug-likeness (QED) is 0.523. The Morgan fingerprint density at radius 3 is 3.11 bits per heavy atom. The van der Waals surface area contributed by atoms with E-state index in [0.717, 1.165) is 15.8 Å². The average Bonchev–Trinajstić information content (AvgIpc) is 3.05. The summed E-state index contributed by atoms with van der Waals surface area (Å²) in [6, 6.07) is 0. The van der Waals surface area contributed by atoms with Crippen molar-refractivity contribution in [2.45, 2.75) is 17.8 Å². The molecule has 19 heavy (non-hydrogen) atoms. The van der Waals surface area contributed by atoms with E-state index in [1.165, 1.54) is 27.7 Å². The molecule has 0 spiro atoms. The van der Waals surface area contributed by atoms with Crippen LogP contribution in [0.3, 0.4) is 0 Å². The molecule has 0 aliphatic carbocycles. The summed E-state index contributed by atoms with van der Waals surface area (Å²) in [6.07, 6.45) is 0. The molecule has 0 atom stereocenters. The second kappa shape index (κ2) is 3.96. The average molecular weight is 294 g/mol. The molecular formula is C7H6N10S2. The zero-order chi connectivity index (χ0) is 12.8. The van der Waals surface area contributed by atoms with Gasteiger partial charge in [-0.2, -0.15) is 19.8 Å². The van der Waals surface area contributed by atoms with Gasteiger partial charge in [0.25, 0.3) is 5.78 Å². The third kappa shape index (κ3) is 1.76. The highest BCUT2D eigenvalue weighted by atomic mass is 32.2. The van der Waals surface area contributed by atoms with Gasteiger partial charge in [0.1, 0.15) is 5.01 Å². The molecule has 10 nitrogen and oxygen atoms in total. The van der Waals surface area contributed by atoms with Crippen LogP contribution >= 0.6 is 23.1 Å². The Balaban J connectivity index is 1.59. The van der Waals surface area contributed by atoms with E-state index in [-0.39, 0.29) is 0 Å². The lowest BCUT2D eigenvalue weighted by atomic mass is 10.7. The molecule has 0 fully saturated rings. The van der Waals surface area contributed by atoms with E-state index in [0.29, 0.717) is 16.7 Å².